The number of nitrogens with zero attached hydrogens (tertiary/aromatic N) is 3. The molecule has 0 radical (unpaired) electrons. The summed E-state index contributed by atoms with van der Waals surface area (Å²) in [5.41, 5.74) is 0.897. The highest BCUT2D eigenvalue weighted by atomic mass is 16.2. The lowest BCUT2D eigenvalue weighted by atomic mass is 10.1. The number of aromatic nitrogens is 2. The molecule has 3 heterocycles. The maximum absolute atomic E-state index is 11.5. The second-order valence-electron chi connectivity index (χ2n) is 4.42. The Morgan fingerprint density at radius 2 is 2.18 bits per heavy atom. The zero-order chi connectivity index (χ0) is 11.8. The van der Waals surface area contributed by atoms with E-state index < -0.39 is 0 Å². The first-order chi connectivity index (χ1) is 8.25. The highest BCUT2D eigenvalue weighted by Crippen LogP contribution is 2.30. The minimum Gasteiger partial charge on any atom is -0.338 e. The average Bonchev–Trinajstić information content (AvgIpc) is 2.66. The van der Waals surface area contributed by atoms with E-state index in [1.165, 1.54) is 0 Å². The van der Waals surface area contributed by atoms with Gasteiger partial charge in [-0.2, -0.15) is 4.98 Å². The molecule has 1 unspecified atom stereocenters. The van der Waals surface area contributed by atoms with E-state index in [-0.39, 0.29) is 11.8 Å². The SMILES string of the molecule is CC1C(=O)Nc2nc(N3CCNCC3)ncc21. The van der Waals surface area contributed by atoms with E-state index in [4.69, 9.17) is 0 Å². The fourth-order valence-corrected chi connectivity index (χ4v) is 2.18. The Hall–Kier alpha value is -1.69. The Morgan fingerprint density at radius 1 is 1.41 bits per heavy atom. The molecule has 1 atom stereocenters. The number of fused-ring (bicyclic) bond motifs is 1. The molecule has 0 aromatic carbocycles. The molecular formula is C11H15N5O. The first-order valence-corrected chi connectivity index (χ1v) is 5.89. The van der Waals surface area contributed by atoms with Crippen LogP contribution in [-0.2, 0) is 4.79 Å². The molecule has 0 bridgehead atoms. The summed E-state index contributed by atoms with van der Waals surface area (Å²) in [5.74, 6) is 1.25. The van der Waals surface area contributed by atoms with Crippen molar-refractivity contribution in [3.05, 3.63) is 11.8 Å². The van der Waals surface area contributed by atoms with Crippen molar-refractivity contribution in [2.45, 2.75) is 12.8 Å². The van der Waals surface area contributed by atoms with Crippen LogP contribution < -0.4 is 15.5 Å². The van der Waals surface area contributed by atoms with Gasteiger partial charge < -0.3 is 15.5 Å². The van der Waals surface area contributed by atoms with E-state index >= 15 is 0 Å². The Kier molecular flexibility index (Phi) is 2.44. The minimum atomic E-state index is -0.137. The molecule has 90 valence electrons. The van der Waals surface area contributed by atoms with Crippen molar-refractivity contribution < 1.29 is 4.79 Å². The highest BCUT2D eigenvalue weighted by Gasteiger charge is 2.29. The topological polar surface area (TPSA) is 70.2 Å². The molecule has 2 aliphatic heterocycles. The van der Waals surface area contributed by atoms with Crippen LogP contribution in [0.1, 0.15) is 18.4 Å². The van der Waals surface area contributed by atoms with Crippen molar-refractivity contribution in [2.24, 2.45) is 0 Å². The van der Waals surface area contributed by atoms with Crippen LogP contribution in [0.3, 0.4) is 0 Å². The van der Waals surface area contributed by atoms with Crippen LogP contribution in [-0.4, -0.2) is 42.1 Å². The first-order valence-electron chi connectivity index (χ1n) is 5.89. The molecule has 6 heteroatoms. The second kappa shape index (κ2) is 3.96. The van der Waals surface area contributed by atoms with E-state index in [0.717, 1.165) is 31.7 Å². The van der Waals surface area contributed by atoms with Gasteiger partial charge in [-0.1, -0.05) is 0 Å². The summed E-state index contributed by atoms with van der Waals surface area (Å²) in [4.78, 5) is 22.4. The van der Waals surface area contributed by atoms with Gasteiger partial charge in [-0.05, 0) is 6.92 Å². The molecule has 0 spiro atoms. The van der Waals surface area contributed by atoms with Crippen molar-refractivity contribution in [2.75, 3.05) is 36.4 Å². The monoisotopic (exact) mass is 233 g/mol. The predicted molar refractivity (Wildman–Crippen MR) is 64.2 cm³/mol. The summed E-state index contributed by atoms with van der Waals surface area (Å²) in [6.07, 6.45) is 1.77. The zero-order valence-corrected chi connectivity index (χ0v) is 9.73. The molecule has 2 aliphatic rings. The summed E-state index contributed by atoms with van der Waals surface area (Å²) in [6, 6.07) is 0. The largest absolute Gasteiger partial charge is 0.338 e. The Labute approximate surface area is 99.4 Å². The number of hydrogen-bond acceptors (Lipinski definition) is 5. The third kappa shape index (κ3) is 1.74. The lowest BCUT2D eigenvalue weighted by molar-refractivity contribution is -0.116. The zero-order valence-electron chi connectivity index (χ0n) is 9.73. The normalized spacial score (nSPS) is 23.5. The Bertz CT molecular complexity index is 455. The van der Waals surface area contributed by atoms with Crippen LogP contribution in [0.25, 0.3) is 0 Å². The lowest BCUT2D eigenvalue weighted by Crippen LogP contribution is -2.44. The number of nitrogens with one attached hydrogen (secondary N) is 2. The van der Waals surface area contributed by atoms with Gasteiger partial charge in [-0.25, -0.2) is 4.98 Å². The number of anilines is 2. The van der Waals surface area contributed by atoms with E-state index in [2.05, 4.69) is 25.5 Å². The number of rotatable bonds is 1. The van der Waals surface area contributed by atoms with Gasteiger partial charge in [0, 0.05) is 37.9 Å². The molecule has 0 saturated carbocycles. The molecular weight excluding hydrogens is 218 g/mol. The summed E-state index contributed by atoms with van der Waals surface area (Å²) in [6.45, 7) is 5.58. The molecule has 3 rings (SSSR count). The fourth-order valence-electron chi connectivity index (χ4n) is 2.18. The third-order valence-electron chi connectivity index (χ3n) is 3.31. The van der Waals surface area contributed by atoms with Crippen LogP contribution >= 0.6 is 0 Å². The minimum absolute atomic E-state index is 0.00626. The number of amides is 1. The summed E-state index contributed by atoms with van der Waals surface area (Å²) >= 11 is 0. The Balaban J connectivity index is 1.89. The number of carbonyl (C=O) groups is 1. The predicted octanol–water partition coefficient (Wildman–Crippen LogP) is -0.0582. The van der Waals surface area contributed by atoms with Crippen molar-refractivity contribution in [1.82, 2.24) is 15.3 Å². The molecule has 17 heavy (non-hydrogen) atoms. The summed E-state index contributed by atoms with van der Waals surface area (Å²) in [7, 11) is 0. The maximum Gasteiger partial charge on any atom is 0.232 e. The molecule has 1 fully saturated rings. The van der Waals surface area contributed by atoms with Gasteiger partial charge in [0.25, 0.3) is 0 Å². The highest BCUT2D eigenvalue weighted by molar-refractivity contribution is 6.01. The Morgan fingerprint density at radius 3 is 2.94 bits per heavy atom. The molecule has 1 saturated heterocycles. The quantitative estimate of drug-likeness (QED) is 0.711. The van der Waals surface area contributed by atoms with Gasteiger partial charge >= 0.3 is 0 Å². The molecule has 1 aromatic heterocycles. The van der Waals surface area contributed by atoms with Crippen molar-refractivity contribution in [3.63, 3.8) is 0 Å². The second-order valence-corrected chi connectivity index (χ2v) is 4.42. The van der Waals surface area contributed by atoms with Crippen molar-refractivity contribution >= 4 is 17.7 Å². The van der Waals surface area contributed by atoms with Crippen LogP contribution in [0.5, 0.6) is 0 Å². The molecule has 2 N–H and O–H groups in total. The molecule has 1 aromatic rings. The van der Waals surface area contributed by atoms with Crippen molar-refractivity contribution in [1.29, 1.82) is 0 Å². The van der Waals surface area contributed by atoms with Crippen LogP contribution in [0.2, 0.25) is 0 Å². The first kappa shape index (κ1) is 10.5. The molecule has 1 amide bonds. The molecule has 6 nitrogen and oxygen atoms in total. The van der Waals surface area contributed by atoms with Crippen LogP contribution in [0.15, 0.2) is 6.20 Å². The van der Waals surface area contributed by atoms with E-state index in [0.29, 0.717) is 11.8 Å². The molecule has 0 aliphatic carbocycles. The lowest BCUT2D eigenvalue weighted by Gasteiger charge is -2.27. The fraction of sp³-hybridized carbons (Fsp3) is 0.545. The van der Waals surface area contributed by atoms with Crippen molar-refractivity contribution in [3.8, 4) is 0 Å². The van der Waals surface area contributed by atoms with Gasteiger partial charge in [-0.3, -0.25) is 4.79 Å². The van der Waals surface area contributed by atoms with E-state index in [1.807, 2.05) is 6.92 Å². The number of hydrogen-bond donors (Lipinski definition) is 2. The smallest absolute Gasteiger partial charge is 0.232 e. The van der Waals surface area contributed by atoms with Gasteiger partial charge in [0.1, 0.15) is 5.82 Å². The van der Waals surface area contributed by atoms with Gasteiger partial charge in [0.05, 0.1) is 5.92 Å². The third-order valence-corrected chi connectivity index (χ3v) is 3.31. The van der Waals surface area contributed by atoms with Crippen LogP contribution in [0, 0.1) is 0 Å². The summed E-state index contributed by atoms with van der Waals surface area (Å²) < 4.78 is 0. The number of piperazine rings is 1. The van der Waals surface area contributed by atoms with Gasteiger partial charge in [-0.15, -0.1) is 0 Å². The van der Waals surface area contributed by atoms with Crippen LogP contribution in [0.4, 0.5) is 11.8 Å². The average molecular weight is 233 g/mol. The van der Waals surface area contributed by atoms with E-state index in [1.54, 1.807) is 6.20 Å². The maximum atomic E-state index is 11.5. The van der Waals surface area contributed by atoms with E-state index in [9.17, 15) is 4.79 Å². The van der Waals surface area contributed by atoms with Gasteiger partial charge in [0.15, 0.2) is 0 Å². The number of carbonyl (C=O) groups excluding carboxylic acids is 1. The standard InChI is InChI=1S/C11H15N5O/c1-7-8-6-13-11(15-9(8)14-10(7)17)16-4-2-12-3-5-16/h6-7,12H,2-5H2,1H3,(H,13,14,15,17). The van der Waals surface area contributed by atoms with Gasteiger partial charge in [0.2, 0.25) is 11.9 Å². The summed E-state index contributed by atoms with van der Waals surface area (Å²) in [5, 5.41) is 6.08.